The van der Waals surface area contributed by atoms with Crippen LogP contribution in [0.25, 0.3) is 0 Å². The molecule has 0 spiro atoms. The summed E-state index contributed by atoms with van der Waals surface area (Å²) < 4.78 is 0. The van der Waals surface area contributed by atoms with Gasteiger partial charge in [0, 0.05) is 0 Å². The van der Waals surface area contributed by atoms with Crippen LogP contribution in [0.3, 0.4) is 0 Å². The van der Waals surface area contributed by atoms with Gasteiger partial charge in [0.25, 0.3) is 0 Å². The zero-order valence-corrected chi connectivity index (χ0v) is 5.96. The van der Waals surface area contributed by atoms with E-state index in [2.05, 4.69) is 0 Å². The van der Waals surface area contributed by atoms with Crippen LogP contribution in [0, 0.1) is 0 Å². The minimum absolute atomic E-state index is 0.0680. The second-order valence-electron chi connectivity index (χ2n) is 2.29. The molecule has 2 heteroatoms. The molecule has 0 aromatic carbocycles. The molecule has 0 aromatic rings. The average molecular weight is 130 g/mol. The molecule has 9 heavy (non-hydrogen) atoms. The topological polar surface area (TPSA) is 40.5 Å². The lowest BCUT2D eigenvalue weighted by atomic mass is 10.1. The lowest BCUT2D eigenvalue weighted by molar-refractivity contribution is 0.195. The van der Waals surface area contributed by atoms with Crippen molar-refractivity contribution in [3.8, 4) is 0 Å². The van der Waals surface area contributed by atoms with Gasteiger partial charge >= 0.3 is 0 Å². The quantitative estimate of drug-likeness (QED) is 0.552. The molecule has 0 aromatic heterocycles. The van der Waals surface area contributed by atoms with Crippen LogP contribution in [0.15, 0.2) is 11.6 Å². The standard InChI is InChI=1S/C7H14O2/c1-6(3-4-8)5-7(2)9/h3,7-9H,4-5H2,1-2H3/b6-3+. The SMILES string of the molecule is C/C(=C\CO)CC(C)O. The van der Waals surface area contributed by atoms with Crippen LogP contribution in [0.5, 0.6) is 0 Å². The summed E-state index contributed by atoms with van der Waals surface area (Å²) in [6.07, 6.45) is 2.06. The van der Waals surface area contributed by atoms with E-state index < -0.39 is 0 Å². The Morgan fingerprint density at radius 1 is 1.67 bits per heavy atom. The van der Waals surface area contributed by atoms with Gasteiger partial charge in [-0.05, 0) is 20.3 Å². The van der Waals surface area contributed by atoms with Crippen molar-refractivity contribution in [2.75, 3.05) is 6.61 Å². The molecule has 0 aliphatic heterocycles. The molecule has 1 unspecified atom stereocenters. The van der Waals surface area contributed by atoms with Crippen molar-refractivity contribution in [1.82, 2.24) is 0 Å². The summed E-state index contributed by atoms with van der Waals surface area (Å²) in [6, 6.07) is 0. The normalized spacial score (nSPS) is 15.8. The molecule has 0 radical (unpaired) electrons. The van der Waals surface area contributed by atoms with Gasteiger partial charge in [-0.25, -0.2) is 0 Å². The maximum atomic E-state index is 8.83. The minimum Gasteiger partial charge on any atom is -0.393 e. The summed E-state index contributed by atoms with van der Waals surface area (Å²) in [7, 11) is 0. The van der Waals surface area contributed by atoms with Gasteiger partial charge in [0.15, 0.2) is 0 Å². The highest BCUT2D eigenvalue weighted by molar-refractivity contribution is 4.98. The van der Waals surface area contributed by atoms with E-state index in [1.165, 1.54) is 0 Å². The second kappa shape index (κ2) is 4.53. The maximum absolute atomic E-state index is 8.83. The molecule has 54 valence electrons. The zero-order chi connectivity index (χ0) is 7.28. The van der Waals surface area contributed by atoms with Gasteiger partial charge < -0.3 is 10.2 Å². The molecule has 0 aliphatic carbocycles. The Bertz CT molecular complexity index is 95.1. The van der Waals surface area contributed by atoms with E-state index in [4.69, 9.17) is 10.2 Å². The number of hydrogen-bond donors (Lipinski definition) is 2. The lowest BCUT2D eigenvalue weighted by Crippen LogP contribution is -1.99. The Morgan fingerprint density at radius 3 is 2.56 bits per heavy atom. The summed E-state index contributed by atoms with van der Waals surface area (Å²) in [5, 5.41) is 17.2. The van der Waals surface area contributed by atoms with E-state index in [1.807, 2.05) is 6.92 Å². The highest BCUT2D eigenvalue weighted by Gasteiger charge is 1.94. The van der Waals surface area contributed by atoms with Gasteiger partial charge in [-0.15, -0.1) is 0 Å². The molecule has 0 bridgehead atoms. The van der Waals surface area contributed by atoms with Crippen LogP contribution >= 0.6 is 0 Å². The van der Waals surface area contributed by atoms with E-state index in [1.54, 1.807) is 13.0 Å². The molecule has 1 atom stereocenters. The van der Waals surface area contributed by atoms with Crippen LogP contribution in [-0.4, -0.2) is 22.9 Å². The van der Waals surface area contributed by atoms with Gasteiger partial charge in [-0.3, -0.25) is 0 Å². The Morgan fingerprint density at radius 2 is 2.22 bits per heavy atom. The largest absolute Gasteiger partial charge is 0.393 e. The predicted octanol–water partition coefficient (Wildman–Crippen LogP) is 0.696. The van der Waals surface area contributed by atoms with E-state index in [9.17, 15) is 0 Å². The Labute approximate surface area is 55.8 Å². The minimum atomic E-state index is -0.298. The predicted molar refractivity (Wildman–Crippen MR) is 37.1 cm³/mol. The first-order valence-corrected chi connectivity index (χ1v) is 3.11. The molecule has 0 rings (SSSR count). The van der Waals surface area contributed by atoms with Crippen LogP contribution in [0.1, 0.15) is 20.3 Å². The second-order valence-corrected chi connectivity index (χ2v) is 2.29. The summed E-state index contributed by atoms with van der Waals surface area (Å²) in [5.41, 5.74) is 1.03. The van der Waals surface area contributed by atoms with E-state index >= 15 is 0 Å². The summed E-state index contributed by atoms with van der Waals surface area (Å²) in [5.74, 6) is 0. The number of rotatable bonds is 3. The van der Waals surface area contributed by atoms with Crippen molar-refractivity contribution in [2.45, 2.75) is 26.4 Å². The molecule has 0 heterocycles. The Balaban J connectivity index is 3.49. The van der Waals surface area contributed by atoms with Crippen LogP contribution in [0.2, 0.25) is 0 Å². The molecule has 2 nitrogen and oxygen atoms in total. The number of aliphatic hydroxyl groups is 2. The highest BCUT2D eigenvalue weighted by atomic mass is 16.3. The lowest BCUT2D eigenvalue weighted by Gasteiger charge is -2.02. The van der Waals surface area contributed by atoms with Gasteiger partial charge in [-0.1, -0.05) is 11.6 Å². The van der Waals surface area contributed by atoms with Crippen molar-refractivity contribution in [3.05, 3.63) is 11.6 Å². The van der Waals surface area contributed by atoms with Crippen LogP contribution < -0.4 is 0 Å². The number of hydrogen-bond acceptors (Lipinski definition) is 2. The van der Waals surface area contributed by atoms with E-state index in [0.717, 1.165) is 5.57 Å². The Kier molecular flexibility index (Phi) is 4.36. The number of aliphatic hydroxyl groups excluding tert-OH is 2. The molecular weight excluding hydrogens is 116 g/mol. The molecule has 0 saturated carbocycles. The fraction of sp³-hybridized carbons (Fsp3) is 0.714. The average Bonchev–Trinajstić information content (AvgIpc) is 1.63. The molecule has 0 fully saturated rings. The third-order valence-corrected chi connectivity index (χ3v) is 1.06. The summed E-state index contributed by atoms with van der Waals surface area (Å²) >= 11 is 0. The molecule has 0 amide bonds. The summed E-state index contributed by atoms with van der Waals surface area (Å²) in [6.45, 7) is 3.69. The van der Waals surface area contributed by atoms with Crippen LogP contribution in [0.4, 0.5) is 0 Å². The third-order valence-electron chi connectivity index (χ3n) is 1.06. The fourth-order valence-corrected chi connectivity index (χ4v) is 0.705. The zero-order valence-electron chi connectivity index (χ0n) is 5.96. The molecule has 0 saturated heterocycles. The smallest absolute Gasteiger partial charge is 0.0614 e. The Hall–Kier alpha value is -0.340. The highest BCUT2D eigenvalue weighted by Crippen LogP contribution is 2.02. The van der Waals surface area contributed by atoms with Crippen molar-refractivity contribution in [2.24, 2.45) is 0 Å². The molecular formula is C7H14O2. The first-order valence-electron chi connectivity index (χ1n) is 3.11. The van der Waals surface area contributed by atoms with Gasteiger partial charge in [0.2, 0.25) is 0 Å². The van der Waals surface area contributed by atoms with E-state index in [-0.39, 0.29) is 12.7 Å². The van der Waals surface area contributed by atoms with Crippen molar-refractivity contribution < 1.29 is 10.2 Å². The van der Waals surface area contributed by atoms with Gasteiger partial charge in [0.05, 0.1) is 12.7 Å². The van der Waals surface area contributed by atoms with E-state index in [0.29, 0.717) is 6.42 Å². The fourth-order valence-electron chi connectivity index (χ4n) is 0.705. The van der Waals surface area contributed by atoms with Crippen molar-refractivity contribution >= 4 is 0 Å². The maximum Gasteiger partial charge on any atom is 0.0614 e. The first kappa shape index (κ1) is 8.66. The monoisotopic (exact) mass is 130 g/mol. The van der Waals surface area contributed by atoms with Gasteiger partial charge in [0.1, 0.15) is 0 Å². The van der Waals surface area contributed by atoms with Crippen molar-refractivity contribution in [1.29, 1.82) is 0 Å². The third kappa shape index (κ3) is 5.53. The van der Waals surface area contributed by atoms with Crippen LogP contribution in [-0.2, 0) is 0 Å². The van der Waals surface area contributed by atoms with Crippen molar-refractivity contribution in [3.63, 3.8) is 0 Å². The van der Waals surface area contributed by atoms with Gasteiger partial charge in [-0.2, -0.15) is 0 Å². The first-order chi connectivity index (χ1) is 4.16. The summed E-state index contributed by atoms with van der Waals surface area (Å²) in [4.78, 5) is 0. The molecule has 2 N–H and O–H groups in total. The molecule has 0 aliphatic rings.